The Labute approximate surface area is 193 Å². The van der Waals surface area contributed by atoms with Gasteiger partial charge in [0.05, 0.1) is 37.8 Å². The van der Waals surface area contributed by atoms with Gasteiger partial charge in [-0.25, -0.2) is 9.78 Å². The third kappa shape index (κ3) is 4.43. The number of esters is 1. The van der Waals surface area contributed by atoms with Gasteiger partial charge in [-0.2, -0.15) is 5.10 Å². The molecule has 1 aliphatic rings. The van der Waals surface area contributed by atoms with Gasteiger partial charge < -0.3 is 19.9 Å². The second-order valence-corrected chi connectivity index (χ2v) is 8.06. The number of nitrogens with two attached hydrogens (primary N) is 1. The highest BCUT2D eigenvalue weighted by Crippen LogP contribution is 2.37. The largest absolute Gasteiger partial charge is 0.478 e. The van der Waals surface area contributed by atoms with Crippen molar-refractivity contribution in [2.45, 2.75) is 40.2 Å². The number of rotatable bonds is 7. The van der Waals surface area contributed by atoms with Crippen LogP contribution >= 0.6 is 0 Å². The molecule has 0 spiro atoms. The summed E-state index contributed by atoms with van der Waals surface area (Å²) in [4.78, 5) is 17.2. The average Bonchev–Trinajstić information content (AvgIpc) is 3.44. The van der Waals surface area contributed by atoms with Gasteiger partial charge in [-0.05, 0) is 51.3 Å². The number of aromatic nitrogens is 3. The molecule has 2 N–H and O–H groups in total. The molecule has 1 aliphatic heterocycles. The Kier molecular flexibility index (Phi) is 6.65. The highest BCUT2D eigenvalue weighted by atomic mass is 16.5. The van der Waals surface area contributed by atoms with Crippen LogP contribution in [0.2, 0.25) is 0 Å². The zero-order valence-electron chi connectivity index (χ0n) is 19.6. The van der Waals surface area contributed by atoms with E-state index in [2.05, 4.69) is 10.1 Å². The average molecular weight is 451 g/mol. The Morgan fingerprint density at radius 3 is 2.70 bits per heavy atom. The van der Waals surface area contributed by atoms with Gasteiger partial charge in [0.25, 0.3) is 0 Å². The summed E-state index contributed by atoms with van der Waals surface area (Å²) in [5.74, 6) is 0.200. The van der Waals surface area contributed by atoms with E-state index in [1.165, 1.54) is 0 Å². The van der Waals surface area contributed by atoms with Crippen molar-refractivity contribution in [3.8, 4) is 28.3 Å². The molecule has 2 aromatic heterocycles. The third-order valence-corrected chi connectivity index (χ3v) is 5.80. The fourth-order valence-corrected chi connectivity index (χ4v) is 4.37. The van der Waals surface area contributed by atoms with Crippen molar-refractivity contribution in [3.63, 3.8) is 0 Å². The molecule has 3 heterocycles. The standard InChI is InChI=1S/C25H30N4O4/c1-5-32-22-11-15(3)23(16(4)28-22)17-7-8-19(21(26)12-17)24-20(25(30)33-6-2)13-27-29(24)18-9-10-31-14-18/h7-8,11-13,18H,5-6,9-10,14,26H2,1-4H3/t18-/m0/s1. The number of anilines is 1. The molecule has 3 aromatic rings. The van der Waals surface area contributed by atoms with Crippen LogP contribution in [0.1, 0.15) is 47.9 Å². The van der Waals surface area contributed by atoms with Gasteiger partial charge in [-0.3, -0.25) is 4.68 Å². The van der Waals surface area contributed by atoms with Crippen molar-refractivity contribution in [3.05, 3.63) is 47.3 Å². The molecular formula is C25H30N4O4. The molecule has 0 aliphatic carbocycles. The smallest absolute Gasteiger partial charge is 0.341 e. The summed E-state index contributed by atoms with van der Waals surface area (Å²) in [6.45, 7) is 9.77. The minimum absolute atomic E-state index is 0.0436. The number of nitrogen functional groups attached to an aromatic ring is 1. The van der Waals surface area contributed by atoms with E-state index in [0.717, 1.165) is 34.4 Å². The van der Waals surface area contributed by atoms with E-state index >= 15 is 0 Å². The molecular weight excluding hydrogens is 420 g/mol. The first-order chi connectivity index (χ1) is 15.9. The molecule has 4 rings (SSSR count). The molecule has 0 bridgehead atoms. The fourth-order valence-electron chi connectivity index (χ4n) is 4.37. The number of carbonyl (C=O) groups is 1. The van der Waals surface area contributed by atoms with Crippen LogP contribution in [0.15, 0.2) is 30.5 Å². The first-order valence-corrected chi connectivity index (χ1v) is 11.3. The monoisotopic (exact) mass is 450 g/mol. The predicted molar refractivity (Wildman–Crippen MR) is 126 cm³/mol. The van der Waals surface area contributed by atoms with E-state index < -0.39 is 5.97 Å². The summed E-state index contributed by atoms with van der Waals surface area (Å²) in [6.07, 6.45) is 2.38. The number of hydrogen-bond acceptors (Lipinski definition) is 7. The zero-order valence-corrected chi connectivity index (χ0v) is 19.6. The topological polar surface area (TPSA) is 101 Å². The van der Waals surface area contributed by atoms with E-state index in [4.69, 9.17) is 19.9 Å². The van der Waals surface area contributed by atoms with Crippen LogP contribution < -0.4 is 10.5 Å². The summed E-state index contributed by atoms with van der Waals surface area (Å²) in [5, 5.41) is 4.51. The summed E-state index contributed by atoms with van der Waals surface area (Å²) in [6, 6.07) is 7.84. The van der Waals surface area contributed by atoms with Crippen LogP contribution in [-0.2, 0) is 9.47 Å². The molecule has 33 heavy (non-hydrogen) atoms. The Morgan fingerprint density at radius 2 is 2.06 bits per heavy atom. The van der Waals surface area contributed by atoms with Crippen LogP contribution in [0.3, 0.4) is 0 Å². The molecule has 0 unspecified atom stereocenters. The van der Waals surface area contributed by atoms with Crippen LogP contribution in [0.4, 0.5) is 5.69 Å². The van der Waals surface area contributed by atoms with Gasteiger partial charge >= 0.3 is 5.97 Å². The first-order valence-electron chi connectivity index (χ1n) is 11.3. The Bertz CT molecular complexity index is 1140. The summed E-state index contributed by atoms with van der Waals surface area (Å²) in [7, 11) is 0. The number of pyridine rings is 1. The second-order valence-electron chi connectivity index (χ2n) is 8.06. The van der Waals surface area contributed by atoms with Crippen molar-refractivity contribution in [2.75, 3.05) is 32.2 Å². The maximum absolute atomic E-state index is 12.7. The molecule has 0 saturated carbocycles. The Morgan fingerprint density at radius 1 is 1.24 bits per heavy atom. The summed E-state index contributed by atoms with van der Waals surface area (Å²) in [5.41, 5.74) is 12.8. The van der Waals surface area contributed by atoms with E-state index in [1.807, 2.05) is 49.7 Å². The highest BCUT2D eigenvalue weighted by molar-refractivity contribution is 5.98. The molecule has 8 heteroatoms. The van der Waals surface area contributed by atoms with Crippen LogP contribution in [0, 0.1) is 13.8 Å². The molecule has 1 aromatic carbocycles. The zero-order chi connectivity index (χ0) is 23.5. The maximum Gasteiger partial charge on any atom is 0.341 e. The van der Waals surface area contributed by atoms with Gasteiger partial charge in [0.2, 0.25) is 5.88 Å². The summed E-state index contributed by atoms with van der Waals surface area (Å²) < 4.78 is 18.2. The molecule has 174 valence electrons. The molecule has 1 atom stereocenters. The number of aryl methyl sites for hydroxylation is 2. The SMILES string of the molecule is CCOC(=O)c1cnn([C@H]2CCOC2)c1-c1ccc(-c2c(C)cc(OCC)nc2C)cc1N. The molecule has 1 saturated heterocycles. The van der Waals surface area contributed by atoms with Gasteiger partial charge in [-0.1, -0.05) is 12.1 Å². The Balaban J connectivity index is 1.79. The summed E-state index contributed by atoms with van der Waals surface area (Å²) >= 11 is 0. The lowest BCUT2D eigenvalue weighted by atomic mass is 9.96. The van der Waals surface area contributed by atoms with E-state index in [9.17, 15) is 4.79 Å². The number of carbonyl (C=O) groups excluding carboxylic acids is 1. The van der Waals surface area contributed by atoms with E-state index in [1.54, 1.807) is 13.1 Å². The number of nitrogens with zero attached hydrogens (tertiary/aromatic N) is 3. The normalized spacial score (nSPS) is 15.6. The number of hydrogen-bond donors (Lipinski definition) is 1. The number of ether oxygens (including phenoxy) is 3. The lowest BCUT2D eigenvalue weighted by molar-refractivity contribution is 0.0527. The van der Waals surface area contributed by atoms with Gasteiger partial charge in [-0.15, -0.1) is 0 Å². The highest BCUT2D eigenvalue weighted by Gasteiger charge is 2.28. The van der Waals surface area contributed by atoms with Crippen molar-refractivity contribution in [1.82, 2.24) is 14.8 Å². The van der Waals surface area contributed by atoms with Crippen LogP contribution in [-0.4, -0.2) is 47.2 Å². The van der Waals surface area contributed by atoms with Gasteiger partial charge in [0, 0.05) is 35.2 Å². The maximum atomic E-state index is 12.7. The van der Waals surface area contributed by atoms with E-state index in [0.29, 0.717) is 42.6 Å². The van der Waals surface area contributed by atoms with Crippen molar-refractivity contribution >= 4 is 11.7 Å². The Hall–Kier alpha value is -3.39. The predicted octanol–water partition coefficient (Wildman–Crippen LogP) is 4.35. The van der Waals surface area contributed by atoms with E-state index in [-0.39, 0.29) is 12.6 Å². The van der Waals surface area contributed by atoms with Crippen molar-refractivity contribution in [2.24, 2.45) is 0 Å². The molecule has 0 amide bonds. The van der Waals surface area contributed by atoms with Gasteiger partial charge in [0.15, 0.2) is 0 Å². The minimum Gasteiger partial charge on any atom is -0.478 e. The second kappa shape index (κ2) is 9.62. The molecule has 8 nitrogen and oxygen atoms in total. The van der Waals surface area contributed by atoms with Crippen LogP contribution in [0.5, 0.6) is 5.88 Å². The lowest BCUT2D eigenvalue weighted by Gasteiger charge is -2.17. The quantitative estimate of drug-likeness (QED) is 0.422. The third-order valence-electron chi connectivity index (χ3n) is 5.80. The first kappa shape index (κ1) is 22.8. The molecule has 0 radical (unpaired) electrons. The number of benzene rings is 1. The van der Waals surface area contributed by atoms with Crippen molar-refractivity contribution < 1.29 is 19.0 Å². The van der Waals surface area contributed by atoms with Crippen molar-refractivity contribution in [1.29, 1.82) is 0 Å². The van der Waals surface area contributed by atoms with Gasteiger partial charge in [0.1, 0.15) is 5.56 Å². The van der Waals surface area contributed by atoms with Crippen LogP contribution in [0.25, 0.3) is 22.4 Å². The minimum atomic E-state index is -0.413. The lowest BCUT2D eigenvalue weighted by Crippen LogP contribution is -2.14. The fraction of sp³-hybridized carbons (Fsp3) is 0.400. The molecule has 1 fully saturated rings.